The zero-order valence-electron chi connectivity index (χ0n) is 21.8. The van der Waals surface area contributed by atoms with Crippen molar-refractivity contribution < 1.29 is 51.0 Å². The molecule has 4 rings (SSSR count). The largest absolute Gasteiger partial charge is 4.00 e. The summed E-state index contributed by atoms with van der Waals surface area (Å²) in [6, 6.07) is 24.8. The minimum atomic E-state index is 0. The van der Waals surface area contributed by atoms with Gasteiger partial charge in [0.2, 0.25) is 0 Å². The minimum Gasteiger partial charge on any atom is -1.00 e. The molecule has 34 heavy (non-hydrogen) atoms. The second-order valence-corrected chi connectivity index (χ2v) is 10.6. The second-order valence-electron chi connectivity index (χ2n) is 8.37. The molecule has 0 amide bonds. The van der Waals surface area contributed by atoms with Crippen molar-refractivity contribution in [1.82, 2.24) is 0 Å². The summed E-state index contributed by atoms with van der Waals surface area (Å²) in [6.45, 7) is 13.4. The van der Waals surface area contributed by atoms with Gasteiger partial charge in [0.1, 0.15) is 0 Å². The van der Waals surface area contributed by atoms with E-state index in [0.717, 1.165) is 9.52 Å². The van der Waals surface area contributed by atoms with Crippen LogP contribution in [0.3, 0.4) is 0 Å². The van der Waals surface area contributed by atoms with Gasteiger partial charge in [-0.25, -0.2) is 0 Å². The maximum Gasteiger partial charge on any atom is 4.00 e. The van der Waals surface area contributed by atoms with E-state index in [1.165, 1.54) is 81.6 Å². The fourth-order valence-electron chi connectivity index (χ4n) is 4.21. The third-order valence-electron chi connectivity index (χ3n) is 5.97. The molecule has 0 bridgehead atoms. The Morgan fingerprint density at radius 2 is 0.971 bits per heavy atom. The number of halogens is 2. The zero-order valence-corrected chi connectivity index (χ0v) is 27.0. The van der Waals surface area contributed by atoms with Gasteiger partial charge in [0.15, 0.2) is 0 Å². The molecule has 0 saturated carbocycles. The van der Waals surface area contributed by atoms with Gasteiger partial charge in [0, 0.05) is 9.52 Å². The van der Waals surface area contributed by atoms with Gasteiger partial charge < -0.3 is 24.8 Å². The molecule has 1 radical (unpaired) electrons. The fraction of sp³-hybridized carbons (Fsp3) is 0.400. The molecule has 183 valence electrons. The molecule has 0 spiro atoms. The Bertz CT molecular complexity index is 965. The normalized spacial score (nSPS) is 9.59. The van der Waals surface area contributed by atoms with Crippen LogP contribution in [0.2, 0.25) is 12.1 Å². The van der Waals surface area contributed by atoms with Crippen molar-refractivity contribution in [3.8, 4) is 0 Å². The molecule has 4 aromatic rings. The molecule has 0 aromatic heterocycles. The van der Waals surface area contributed by atoms with Crippen LogP contribution < -0.4 is 24.8 Å². The average Bonchev–Trinajstić information content (AvgIpc) is 3.27. The first-order valence-electron chi connectivity index (χ1n) is 12.2. The summed E-state index contributed by atoms with van der Waals surface area (Å²) in [5, 5.41) is 5.63. The summed E-state index contributed by atoms with van der Waals surface area (Å²) in [5.74, 6) is 0. The number of aryl methyl sites for hydroxylation is 4. The van der Waals surface area contributed by atoms with Crippen LogP contribution in [-0.2, 0) is 39.0 Å². The van der Waals surface area contributed by atoms with E-state index in [1.54, 1.807) is 0 Å². The SMILES string of the molecule is CCCc1[cH-]c2ccccc2c1C.CCCc1[cH-]c2ccccc2c1C.CC[SiH]CC.[Cl-].[Cl-].[Zr+4]. The summed E-state index contributed by atoms with van der Waals surface area (Å²) >= 11 is 0. The van der Waals surface area contributed by atoms with Gasteiger partial charge in [-0.1, -0.05) is 78.6 Å². The molecule has 0 heterocycles. The molecule has 0 aliphatic heterocycles. The molecule has 4 heteroatoms. The molecule has 0 saturated heterocycles. The first-order valence-corrected chi connectivity index (χ1v) is 13.8. The Labute approximate surface area is 242 Å². The van der Waals surface area contributed by atoms with Crippen molar-refractivity contribution >= 4 is 31.1 Å². The third kappa shape index (κ3) is 10.1. The van der Waals surface area contributed by atoms with Crippen molar-refractivity contribution in [2.45, 2.75) is 79.3 Å². The van der Waals surface area contributed by atoms with Gasteiger partial charge >= 0.3 is 26.2 Å². The number of benzene rings is 2. The summed E-state index contributed by atoms with van der Waals surface area (Å²) in [7, 11) is 0.815. The van der Waals surface area contributed by atoms with Gasteiger partial charge in [-0.2, -0.15) is 11.1 Å². The third-order valence-corrected chi connectivity index (χ3v) is 7.12. The molecule has 0 unspecified atom stereocenters. The molecule has 0 nitrogen and oxygen atoms in total. The van der Waals surface area contributed by atoms with Crippen molar-refractivity contribution in [2.24, 2.45) is 0 Å². The van der Waals surface area contributed by atoms with Crippen LogP contribution in [-0.4, -0.2) is 9.52 Å². The second kappa shape index (κ2) is 19.5. The van der Waals surface area contributed by atoms with E-state index in [9.17, 15) is 0 Å². The number of hydrogen-bond acceptors (Lipinski definition) is 0. The topological polar surface area (TPSA) is 0 Å². The van der Waals surface area contributed by atoms with Crippen LogP contribution in [0.1, 0.15) is 62.8 Å². The quantitative estimate of drug-likeness (QED) is 0.239. The monoisotopic (exact) mass is 589 g/mol. The van der Waals surface area contributed by atoms with Gasteiger partial charge in [-0.15, -0.1) is 81.2 Å². The zero-order chi connectivity index (χ0) is 22.6. The number of rotatable bonds is 6. The summed E-state index contributed by atoms with van der Waals surface area (Å²) < 4.78 is 0. The molecule has 0 fully saturated rings. The molecule has 0 aliphatic carbocycles. The van der Waals surface area contributed by atoms with E-state index < -0.39 is 0 Å². The molecule has 0 N–H and O–H groups in total. The summed E-state index contributed by atoms with van der Waals surface area (Å²) in [6.07, 6.45) is 4.88. The van der Waals surface area contributed by atoms with Crippen LogP contribution in [0.25, 0.3) is 21.5 Å². The van der Waals surface area contributed by atoms with E-state index in [2.05, 4.69) is 102 Å². The van der Waals surface area contributed by atoms with Crippen molar-refractivity contribution in [3.63, 3.8) is 0 Å². The molecule has 0 aliphatic rings. The van der Waals surface area contributed by atoms with Crippen LogP contribution in [0.15, 0.2) is 60.7 Å². The molecule has 4 aromatic carbocycles. The minimum absolute atomic E-state index is 0. The summed E-state index contributed by atoms with van der Waals surface area (Å²) in [5.41, 5.74) is 5.97. The smallest absolute Gasteiger partial charge is 1.00 e. The molecular formula is C30H41Cl2SiZr. The Morgan fingerprint density at radius 1 is 0.618 bits per heavy atom. The van der Waals surface area contributed by atoms with Gasteiger partial charge in [-0.05, 0) is 12.8 Å². The van der Waals surface area contributed by atoms with Crippen molar-refractivity contribution in [2.75, 3.05) is 0 Å². The Kier molecular flexibility index (Phi) is 20.4. The predicted molar refractivity (Wildman–Crippen MR) is 145 cm³/mol. The van der Waals surface area contributed by atoms with Crippen molar-refractivity contribution in [1.29, 1.82) is 0 Å². The molecular weight excluding hydrogens is 551 g/mol. The Morgan fingerprint density at radius 3 is 1.24 bits per heavy atom. The molecule has 0 atom stereocenters. The standard InChI is InChI=1S/2C13H15.C4H11Si.2ClH.Zr/c2*1-3-6-11-9-12-7-4-5-8-13(12)10(11)2;1-3-5-4-2;;;/h2*4-5,7-9H,3,6H2,1-2H3;5H,3-4H2,1-2H3;2*1H;/q2*-1;;;;+4/p-2. The van der Waals surface area contributed by atoms with Crippen molar-refractivity contribution in [3.05, 3.63) is 82.9 Å². The van der Waals surface area contributed by atoms with Crippen LogP contribution in [0.4, 0.5) is 0 Å². The maximum atomic E-state index is 2.33. The van der Waals surface area contributed by atoms with E-state index in [-0.39, 0.29) is 51.0 Å². The first-order chi connectivity index (χ1) is 15.1. The predicted octanol–water partition coefficient (Wildman–Crippen LogP) is 2.94. The van der Waals surface area contributed by atoms with E-state index in [4.69, 9.17) is 0 Å². The maximum absolute atomic E-state index is 2.33. The summed E-state index contributed by atoms with van der Waals surface area (Å²) in [4.78, 5) is 0. The number of hydrogen-bond donors (Lipinski definition) is 0. The first kappa shape index (κ1) is 35.5. The Hall–Kier alpha value is -0.660. The number of fused-ring (bicyclic) bond motifs is 2. The van der Waals surface area contributed by atoms with E-state index in [1.807, 2.05) is 0 Å². The fourth-order valence-corrected chi connectivity index (χ4v) is 4.79. The van der Waals surface area contributed by atoms with Crippen LogP contribution in [0.5, 0.6) is 0 Å². The van der Waals surface area contributed by atoms with Gasteiger partial charge in [0.05, 0.1) is 0 Å². The van der Waals surface area contributed by atoms with Gasteiger partial charge in [0.25, 0.3) is 0 Å². The van der Waals surface area contributed by atoms with Crippen LogP contribution in [0, 0.1) is 13.8 Å². The average molecular weight is 592 g/mol. The van der Waals surface area contributed by atoms with Gasteiger partial charge in [-0.3, -0.25) is 0 Å². The Balaban J connectivity index is 0. The van der Waals surface area contributed by atoms with E-state index in [0.29, 0.717) is 0 Å². The van der Waals surface area contributed by atoms with Crippen LogP contribution >= 0.6 is 0 Å². The van der Waals surface area contributed by atoms with E-state index >= 15 is 0 Å².